The molecule has 1 unspecified atom stereocenters. The summed E-state index contributed by atoms with van der Waals surface area (Å²) < 4.78 is 12.8. The van der Waals surface area contributed by atoms with Crippen LogP contribution < -0.4 is 5.32 Å². The quantitative estimate of drug-likeness (QED) is 0.337. The van der Waals surface area contributed by atoms with E-state index in [-0.39, 0.29) is 24.0 Å². The van der Waals surface area contributed by atoms with Crippen molar-refractivity contribution in [3.8, 4) is 0 Å². The first kappa shape index (κ1) is 23.1. The molecule has 2 aliphatic heterocycles. The Kier molecular flexibility index (Phi) is 9.01. The molecule has 166 valence electrons. The Morgan fingerprint density at radius 1 is 1.30 bits per heavy atom. The minimum atomic E-state index is 0. The molecule has 0 saturated carbocycles. The predicted octanol–water partition coefficient (Wildman–Crippen LogP) is 1.94. The smallest absolute Gasteiger partial charge is 0.194 e. The maximum atomic E-state index is 5.46. The lowest BCUT2D eigenvalue weighted by atomic mass is 10.0. The molecular weight excluding hydrogens is 495 g/mol. The summed E-state index contributed by atoms with van der Waals surface area (Å²) in [5.74, 6) is 2.52. The molecule has 4 rings (SSSR count). The van der Waals surface area contributed by atoms with Crippen molar-refractivity contribution in [2.75, 3.05) is 59.0 Å². The monoisotopic (exact) mass is 528 g/mol. The van der Waals surface area contributed by atoms with E-state index in [1.807, 2.05) is 30.1 Å². The number of nitrogens with zero attached hydrogens (tertiary/aromatic N) is 5. The zero-order valence-electron chi connectivity index (χ0n) is 17.7. The summed E-state index contributed by atoms with van der Waals surface area (Å²) in [5.41, 5.74) is 1.32. The standard InChI is InChI=1S/C21H32N6O2.HI/c1-25-16-19(15-24-25)18-5-8-27(17-18)21(22-6-4-20-3-2-12-29-20)23-7-9-26-10-13-28-14-11-26;/h2-3,12,15-16,18H,4-11,13-14,17H2,1H3,(H,22,23);1H. The van der Waals surface area contributed by atoms with Gasteiger partial charge in [0, 0.05) is 64.9 Å². The zero-order valence-corrected chi connectivity index (χ0v) is 20.0. The summed E-state index contributed by atoms with van der Waals surface area (Å²) in [6, 6.07) is 3.96. The van der Waals surface area contributed by atoms with Gasteiger partial charge in [-0.2, -0.15) is 5.10 Å². The number of aliphatic imine (C=N–C) groups is 1. The number of furan rings is 1. The van der Waals surface area contributed by atoms with Crippen LogP contribution in [0.25, 0.3) is 0 Å². The van der Waals surface area contributed by atoms with Crippen molar-refractivity contribution in [1.29, 1.82) is 0 Å². The Balaban J connectivity index is 0.00000256. The average Bonchev–Trinajstić information content (AvgIpc) is 3.49. The molecule has 0 radical (unpaired) electrons. The van der Waals surface area contributed by atoms with E-state index in [2.05, 4.69) is 26.4 Å². The first-order chi connectivity index (χ1) is 14.3. The molecule has 0 spiro atoms. The van der Waals surface area contributed by atoms with Crippen LogP contribution in [0.15, 0.2) is 40.2 Å². The number of nitrogens with one attached hydrogen (secondary N) is 1. The maximum Gasteiger partial charge on any atom is 0.194 e. The fourth-order valence-corrected chi connectivity index (χ4v) is 4.02. The number of guanidine groups is 1. The Morgan fingerprint density at radius 2 is 2.17 bits per heavy atom. The fraction of sp³-hybridized carbons (Fsp3) is 0.619. The number of aromatic nitrogens is 2. The molecule has 8 nitrogen and oxygen atoms in total. The van der Waals surface area contributed by atoms with E-state index < -0.39 is 0 Å². The van der Waals surface area contributed by atoms with Gasteiger partial charge in [-0.1, -0.05) is 0 Å². The molecule has 0 aliphatic carbocycles. The number of morpholine rings is 1. The second kappa shape index (κ2) is 11.7. The third-order valence-corrected chi connectivity index (χ3v) is 5.70. The molecular formula is C21H33IN6O2. The van der Waals surface area contributed by atoms with Crippen LogP contribution in [0.4, 0.5) is 0 Å². The van der Waals surface area contributed by atoms with E-state index in [1.54, 1.807) is 6.26 Å². The van der Waals surface area contributed by atoms with Crippen LogP contribution in [0.3, 0.4) is 0 Å². The molecule has 2 aromatic rings. The number of likely N-dealkylation sites (tertiary alicyclic amines) is 1. The second-order valence-corrected chi connectivity index (χ2v) is 7.79. The van der Waals surface area contributed by atoms with Gasteiger partial charge in [0.15, 0.2) is 5.96 Å². The van der Waals surface area contributed by atoms with Gasteiger partial charge in [0.2, 0.25) is 0 Å². The van der Waals surface area contributed by atoms with Gasteiger partial charge < -0.3 is 19.4 Å². The third-order valence-electron chi connectivity index (χ3n) is 5.70. The highest BCUT2D eigenvalue weighted by molar-refractivity contribution is 14.0. The van der Waals surface area contributed by atoms with Crippen molar-refractivity contribution in [2.45, 2.75) is 18.8 Å². The van der Waals surface area contributed by atoms with Crippen molar-refractivity contribution >= 4 is 29.9 Å². The normalized spacial score (nSPS) is 20.4. The van der Waals surface area contributed by atoms with E-state index in [1.165, 1.54) is 5.56 Å². The van der Waals surface area contributed by atoms with Gasteiger partial charge in [0.1, 0.15) is 5.76 Å². The molecule has 4 heterocycles. The molecule has 0 amide bonds. The van der Waals surface area contributed by atoms with Crippen molar-refractivity contribution in [3.63, 3.8) is 0 Å². The van der Waals surface area contributed by atoms with Crippen LogP contribution >= 0.6 is 24.0 Å². The van der Waals surface area contributed by atoms with E-state index in [0.29, 0.717) is 5.92 Å². The van der Waals surface area contributed by atoms with Crippen molar-refractivity contribution in [3.05, 3.63) is 42.1 Å². The molecule has 2 aliphatic rings. The molecule has 9 heteroatoms. The Bertz CT molecular complexity index is 772. The SMILES string of the molecule is Cn1cc(C2CCN(C(=NCCN3CCOCC3)NCCc3ccco3)C2)cn1.I. The lowest BCUT2D eigenvalue weighted by molar-refractivity contribution is 0.0394. The summed E-state index contributed by atoms with van der Waals surface area (Å²) in [7, 11) is 1.98. The van der Waals surface area contributed by atoms with Crippen LogP contribution in [0.5, 0.6) is 0 Å². The highest BCUT2D eigenvalue weighted by atomic mass is 127. The molecule has 0 aromatic carbocycles. The molecule has 2 aromatic heterocycles. The van der Waals surface area contributed by atoms with E-state index in [9.17, 15) is 0 Å². The zero-order chi connectivity index (χ0) is 19.9. The van der Waals surface area contributed by atoms with Gasteiger partial charge in [-0.25, -0.2) is 0 Å². The maximum absolute atomic E-state index is 5.46. The van der Waals surface area contributed by atoms with Crippen LogP contribution in [0.1, 0.15) is 23.7 Å². The molecule has 2 saturated heterocycles. The summed E-state index contributed by atoms with van der Waals surface area (Å²) >= 11 is 0. The largest absolute Gasteiger partial charge is 0.469 e. The van der Waals surface area contributed by atoms with Crippen LogP contribution in [-0.2, 0) is 18.2 Å². The molecule has 30 heavy (non-hydrogen) atoms. The number of aryl methyl sites for hydroxylation is 1. The van der Waals surface area contributed by atoms with E-state index >= 15 is 0 Å². The third kappa shape index (κ3) is 6.45. The lowest BCUT2D eigenvalue weighted by Gasteiger charge is -2.26. The first-order valence-corrected chi connectivity index (χ1v) is 10.6. The van der Waals surface area contributed by atoms with Gasteiger partial charge in [-0.05, 0) is 24.1 Å². The second-order valence-electron chi connectivity index (χ2n) is 7.79. The minimum Gasteiger partial charge on any atom is -0.469 e. The van der Waals surface area contributed by atoms with Gasteiger partial charge in [-0.15, -0.1) is 24.0 Å². The molecule has 1 atom stereocenters. The van der Waals surface area contributed by atoms with E-state index in [4.69, 9.17) is 14.1 Å². The first-order valence-electron chi connectivity index (χ1n) is 10.6. The van der Waals surface area contributed by atoms with Crippen molar-refractivity contribution in [1.82, 2.24) is 24.9 Å². The summed E-state index contributed by atoms with van der Waals surface area (Å²) in [4.78, 5) is 9.76. The number of hydrogen-bond donors (Lipinski definition) is 1. The van der Waals surface area contributed by atoms with Gasteiger partial charge in [0.05, 0.1) is 32.2 Å². The number of ether oxygens (including phenoxy) is 1. The highest BCUT2D eigenvalue weighted by Crippen LogP contribution is 2.26. The van der Waals surface area contributed by atoms with Crippen LogP contribution in [-0.4, -0.2) is 84.6 Å². The molecule has 0 bridgehead atoms. The number of hydrogen-bond acceptors (Lipinski definition) is 5. The molecule has 1 N–H and O–H groups in total. The summed E-state index contributed by atoms with van der Waals surface area (Å²) in [5, 5.41) is 7.90. The van der Waals surface area contributed by atoms with Crippen LogP contribution in [0, 0.1) is 0 Å². The van der Waals surface area contributed by atoms with Crippen molar-refractivity contribution in [2.24, 2.45) is 12.0 Å². The Morgan fingerprint density at radius 3 is 2.90 bits per heavy atom. The predicted molar refractivity (Wildman–Crippen MR) is 128 cm³/mol. The topological polar surface area (TPSA) is 71.1 Å². The Hall–Kier alpha value is -1.59. The van der Waals surface area contributed by atoms with Gasteiger partial charge in [-0.3, -0.25) is 14.6 Å². The number of rotatable bonds is 7. The van der Waals surface area contributed by atoms with Gasteiger partial charge >= 0.3 is 0 Å². The minimum absolute atomic E-state index is 0. The average molecular weight is 528 g/mol. The van der Waals surface area contributed by atoms with Gasteiger partial charge in [0.25, 0.3) is 0 Å². The summed E-state index contributed by atoms with van der Waals surface area (Å²) in [6.07, 6.45) is 7.84. The highest BCUT2D eigenvalue weighted by Gasteiger charge is 2.27. The molecule has 2 fully saturated rings. The number of halogens is 1. The Labute approximate surface area is 195 Å². The van der Waals surface area contributed by atoms with Crippen molar-refractivity contribution < 1.29 is 9.15 Å². The lowest BCUT2D eigenvalue weighted by Crippen LogP contribution is -2.42. The summed E-state index contributed by atoms with van der Waals surface area (Å²) in [6.45, 7) is 8.27. The van der Waals surface area contributed by atoms with Crippen LogP contribution in [0.2, 0.25) is 0 Å². The fourth-order valence-electron chi connectivity index (χ4n) is 4.02. The van der Waals surface area contributed by atoms with E-state index in [0.717, 1.165) is 83.6 Å².